The molecule has 16 heavy (non-hydrogen) atoms. The van der Waals surface area contributed by atoms with Crippen LogP contribution in [0.2, 0.25) is 0 Å². The fourth-order valence-corrected chi connectivity index (χ4v) is 2.35. The van der Waals surface area contributed by atoms with Gasteiger partial charge in [0.2, 0.25) is 0 Å². The van der Waals surface area contributed by atoms with Crippen LogP contribution < -0.4 is 10.5 Å². The number of hydrogen-bond acceptors (Lipinski definition) is 2. The van der Waals surface area contributed by atoms with Crippen molar-refractivity contribution in [2.24, 2.45) is 11.7 Å². The number of hydrogen-bond donors (Lipinski definition) is 1. The van der Waals surface area contributed by atoms with Gasteiger partial charge in [0.05, 0.1) is 7.11 Å². The molecule has 2 rings (SSSR count). The lowest BCUT2D eigenvalue weighted by Gasteiger charge is -2.32. The first-order valence-corrected chi connectivity index (χ1v) is 6.10. The molecule has 0 amide bonds. The first-order valence-electron chi connectivity index (χ1n) is 5.31. The molecule has 1 fully saturated rings. The van der Waals surface area contributed by atoms with E-state index in [-0.39, 0.29) is 18.4 Å². The van der Waals surface area contributed by atoms with Crippen molar-refractivity contribution in [3.05, 3.63) is 28.2 Å². The van der Waals surface area contributed by atoms with Gasteiger partial charge in [0.15, 0.2) is 0 Å². The number of rotatable bonds is 3. The molecule has 1 aromatic carbocycles. The van der Waals surface area contributed by atoms with Gasteiger partial charge in [-0.15, -0.1) is 12.4 Å². The fourth-order valence-electron chi connectivity index (χ4n) is 2.01. The van der Waals surface area contributed by atoms with Crippen LogP contribution in [0, 0.1) is 5.92 Å². The number of ether oxygens (including phenoxy) is 1. The van der Waals surface area contributed by atoms with Gasteiger partial charge in [0.25, 0.3) is 0 Å². The zero-order chi connectivity index (χ0) is 10.8. The number of benzene rings is 1. The molecule has 1 aliphatic carbocycles. The first-order chi connectivity index (χ1) is 7.22. The Bertz CT molecular complexity index is 355. The molecule has 1 atom stereocenters. The Balaban J connectivity index is 0.00000128. The summed E-state index contributed by atoms with van der Waals surface area (Å²) in [5.74, 6) is 1.53. The molecular formula is C12H17BrClNO. The molecule has 2 nitrogen and oxygen atoms in total. The molecule has 1 saturated carbocycles. The van der Waals surface area contributed by atoms with E-state index in [4.69, 9.17) is 10.5 Å². The van der Waals surface area contributed by atoms with Crippen molar-refractivity contribution in [2.45, 2.75) is 25.3 Å². The molecule has 4 heteroatoms. The molecule has 0 heterocycles. The standard InChI is InChI=1S/C12H16BrNO.ClH/c1-15-11-7-9(13)5-6-10(11)12(14)8-3-2-4-8;/h5-8,12H,2-4,14H2,1H3;1H/t12-;/m1./s1. The predicted octanol–water partition coefficient (Wildman–Crippen LogP) is 3.68. The maximum absolute atomic E-state index is 6.23. The van der Waals surface area contributed by atoms with Crippen molar-refractivity contribution >= 4 is 28.3 Å². The Hall–Kier alpha value is -0.250. The van der Waals surface area contributed by atoms with E-state index in [1.807, 2.05) is 12.1 Å². The van der Waals surface area contributed by atoms with Crippen LogP contribution in [0.5, 0.6) is 5.75 Å². The number of methoxy groups -OCH3 is 1. The van der Waals surface area contributed by atoms with Crippen LogP contribution in [-0.2, 0) is 0 Å². The smallest absolute Gasteiger partial charge is 0.124 e. The van der Waals surface area contributed by atoms with Crippen LogP contribution in [0.15, 0.2) is 22.7 Å². The topological polar surface area (TPSA) is 35.2 Å². The predicted molar refractivity (Wildman–Crippen MR) is 72.2 cm³/mol. The molecule has 0 aromatic heterocycles. The van der Waals surface area contributed by atoms with Crippen LogP contribution >= 0.6 is 28.3 Å². The highest BCUT2D eigenvalue weighted by Gasteiger charge is 2.27. The third-order valence-electron chi connectivity index (χ3n) is 3.21. The van der Waals surface area contributed by atoms with Crippen LogP contribution in [-0.4, -0.2) is 7.11 Å². The second-order valence-electron chi connectivity index (χ2n) is 4.10. The maximum Gasteiger partial charge on any atom is 0.124 e. The van der Waals surface area contributed by atoms with Crippen molar-refractivity contribution in [3.8, 4) is 5.75 Å². The monoisotopic (exact) mass is 305 g/mol. The second kappa shape index (κ2) is 5.89. The van der Waals surface area contributed by atoms with Gasteiger partial charge in [-0.05, 0) is 30.9 Å². The molecule has 1 aliphatic rings. The second-order valence-corrected chi connectivity index (χ2v) is 5.02. The lowest BCUT2D eigenvalue weighted by atomic mass is 9.77. The molecule has 1 aromatic rings. The molecule has 0 unspecified atom stereocenters. The Labute approximate surface area is 111 Å². The van der Waals surface area contributed by atoms with Gasteiger partial charge >= 0.3 is 0 Å². The van der Waals surface area contributed by atoms with Crippen molar-refractivity contribution < 1.29 is 4.74 Å². The summed E-state index contributed by atoms with van der Waals surface area (Å²) in [6, 6.07) is 6.19. The molecule has 0 aliphatic heterocycles. The highest BCUT2D eigenvalue weighted by molar-refractivity contribution is 9.10. The van der Waals surface area contributed by atoms with Crippen LogP contribution in [0.1, 0.15) is 30.9 Å². The maximum atomic E-state index is 6.23. The van der Waals surface area contributed by atoms with E-state index in [2.05, 4.69) is 22.0 Å². The third kappa shape index (κ3) is 2.70. The summed E-state index contributed by atoms with van der Waals surface area (Å²) >= 11 is 3.43. The minimum absolute atomic E-state index is 0. The Morgan fingerprint density at radius 3 is 2.62 bits per heavy atom. The summed E-state index contributed by atoms with van der Waals surface area (Å²) in [4.78, 5) is 0. The molecule has 0 radical (unpaired) electrons. The van der Waals surface area contributed by atoms with Gasteiger partial charge in [0.1, 0.15) is 5.75 Å². The van der Waals surface area contributed by atoms with Crippen molar-refractivity contribution in [1.82, 2.24) is 0 Å². The lowest BCUT2D eigenvalue weighted by Crippen LogP contribution is -2.27. The molecule has 0 bridgehead atoms. The van der Waals surface area contributed by atoms with E-state index >= 15 is 0 Å². The van der Waals surface area contributed by atoms with E-state index in [0.29, 0.717) is 5.92 Å². The van der Waals surface area contributed by atoms with Crippen LogP contribution in [0.4, 0.5) is 0 Å². The van der Waals surface area contributed by atoms with Crippen molar-refractivity contribution in [1.29, 1.82) is 0 Å². The van der Waals surface area contributed by atoms with Crippen LogP contribution in [0.3, 0.4) is 0 Å². The fraction of sp³-hybridized carbons (Fsp3) is 0.500. The van der Waals surface area contributed by atoms with Gasteiger partial charge in [-0.3, -0.25) is 0 Å². The van der Waals surface area contributed by atoms with Crippen LogP contribution in [0.25, 0.3) is 0 Å². The molecular weight excluding hydrogens is 289 g/mol. The van der Waals surface area contributed by atoms with Crippen molar-refractivity contribution in [3.63, 3.8) is 0 Å². The minimum Gasteiger partial charge on any atom is -0.496 e. The van der Waals surface area contributed by atoms with Gasteiger partial charge < -0.3 is 10.5 Å². The molecule has 2 N–H and O–H groups in total. The lowest BCUT2D eigenvalue weighted by molar-refractivity contribution is 0.259. The Morgan fingerprint density at radius 2 is 2.12 bits per heavy atom. The minimum atomic E-state index is 0. The first kappa shape index (κ1) is 13.8. The summed E-state index contributed by atoms with van der Waals surface area (Å²) in [6.07, 6.45) is 3.82. The Kier molecular flexibility index (Phi) is 5.09. The zero-order valence-electron chi connectivity index (χ0n) is 9.28. The van der Waals surface area contributed by atoms with E-state index in [1.165, 1.54) is 19.3 Å². The van der Waals surface area contributed by atoms with E-state index in [1.54, 1.807) is 7.11 Å². The van der Waals surface area contributed by atoms with E-state index in [9.17, 15) is 0 Å². The summed E-state index contributed by atoms with van der Waals surface area (Å²) < 4.78 is 6.39. The molecule has 90 valence electrons. The van der Waals surface area contributed by atoms with E-state index < -0.39 is 0 Å². The summed E-state index contributed by atoms with van der Waals surface area (Å²) in [5.41, 5.74) is 7.36. The third-order valence-corrected chi connectivity index (χ3v) is 3.71. The zero-order valence-corrected chi connectivity index (χ0v) is 11.7. The average Bonchev–Trinajstić information content (AvgIpc) is 2.14. The van der Waals surface area contributed by atoms with Crippen molar-refractivity contribution in [2.75, 3.05) is 7.11 Å². The Morgan fingerprint density at radius 1 is 1.44 bits per heavy atom. The van der Waals surface area contributed by atoms with Gasteiger partial charge in [-0.2, -0.15) is 0 Å². The van der Waals surface area contributed by atoms with E-state index in [0.717, 1.165) is 15.8 Å². The molecule has 0 saturated heterocycles. The SMILES string of the molecule is COc1cc(Br)ccc1[C@H](N)C1CCC1.Cl. The summed E-state index contributed by atoms with van der Waals surface area (Å²) in [7, 11) is 1.69. The molecule has 0 spiro atoms. The summed E-state index contributed by atoms with van der Waals surface area (Å²) in [6.45, 7) is 0. The quantitative estimate of drug-likeness (QED) is 0.924. The van der Waals surface area contributed by atoms with Gasteiger partial charge in [0, 0.05) is 16.1 Å². The largest absolute Gasteiger partial charge is 0.496 e. The highest BCUT2D eigenvalue weighted by Crippen LogP contribution is 2.39. The number of halogens is 2. The number of nitrogens with two attached hydrogens (primary N) is 1. The summed E-state index contributed by atoms with van der Waals surface area (Å²) in [5, 5.41) is 0. The van der Waals surface area contributed by atoms with Gasteiger partial charge in [-0.25, -0.2) is 0 Å². The highest BCUT2D eigenvalue weighted by atomic mass is 79.9. The normalized spacial score (nSPS) is 17.2. The average molecular weight is 307 g/mol. The van der Waals surface area contributed by atoms with Gasteiger partial charge in [-0.1, -0.05) is 28.4 Å².